The Kier molecular flexibility index (Phi) is 3.12. The predicted molar refractivity (Wildman–Crippen MR) is 75.4 cm³/mol. The molecule has 2 heterocycles. The van der Waals surface area contributed by atoms with Crippen LogP contribution >= 0.6 is 0 Å². The summed E-state index contributed by atoms with van der Waals surface area (Å²) >= 11 is 0. The van der Waals surface area contributed by atoms with Gasteiger partial charge in [-0.15, -0.1) is 0 Å². The summed E-state index contributed by atoms with van der Waals surface area (Å²) in [7, 11) is 0. The highest BCUT2D eigenvalue weighted by atomic mass is 16.4. The van der Waals surface area contributed by atoms with Crippen molar-refractivity contribution >= 4 is 28.3 Å². The van der Waals surface area contributed by atoms with Crippen molar-refractivity contribution in [2.24, 2.45) is 0 Å². The van der Waals surface area contributed by atoms with Gasteiger partial charge in [-0.2, -0.15) is 0 Å². The van der Waals surface area contributed by atoms with Crippen molar-refractivity contribution < 1.29 is 19.1 Å². The fourth-order valence-electron chi connectivity index (χ4n) is 1.98. The van der Waals surface area contributed by atoms with Crippen molar-refractivity contribution in [3.8, 4) is 0 Å². The Morgan fingerprint density at radius 3 is 2.86 bits per heavy atom. The minimum atomic E-state index is -1.14. The van der Waals surface area contributed by atoms with Gasteiger partial charge in [0, 0.05) is 34.9 Å². The lowest BCUT2D eigenvalue weighted by atomic mass is 10.1. The minimum Gasteiger partial charge on any atom is -0.478 e. The van der Waals surface area contributed by atoms with E-state index in [1.165, 1.54) is 6.07 Å². The maximum absolute atomic E-state index is 12.1. The van der Waals surface area contributed by atoms with E-state index in [9.17, 15) is 9.59 Å². The number of amides is 1. The Hall–Kier alpha value is -3.15. The van der Waals surface area contributed by atoms with Gasteiger partial charge >= 0.3 is 5.97 Å². The zero-order valence-electron chi connectivity index (χ0n) is 10.7. The summed E-state index contributed by atoms with van der Waals surface area (Å²) in [5.74, 6) is -1.71. The summed E-state index contributed by atoms with van der Waals surface area (Å²) < 4.78 is 4.97. The smallest absolute Gasteiger partial charge is 0.338 e. The number of nitrogens with one attached hydrogen (secondary N) is 1. The van der Waals surface area contributed by atoms with E-state index in [2.05, 4.69) is 10.3 Å². The third kappa shape index (κ3) is 2.46. The van der Waals surface area contributed by atoms with Gasteiger partial charge in [-0.25, -0.2) is 4.79 Å². The van der Waals surface area contributed by atoms with Crippen LogP contribution in [-0.2, 0) is 0 Å². The van der Waals surface area contributed by atoms with Crippen LogP contribution in [0.5, 0.6) is 0 Å². The van der Waals surface area contributed by atoms with E-state index in [-0.39, 0.29) is 11.3 Å². The first-order valence-electron chi connectivity index (χ1n) is 6.11. The van der Waals surface area contributed by atoms with E-state index in [1.807, 2.05) is 6.07 Å². The molecule has 2 N–H and O–H groups in total. The summed E-state index contributed by atoms with van der Waals surface area (Å²) in [4.78, 5) is 26.9. The van der Waals surface area contributed by atoms with Crippen LogP contribution in [0.4, 0.5) is 5.69 Å². The predicted octanol–water partition coefficient (Wildman–Crippen LogP) is 2.78. The van der Waals surface area contributed by atoms with Gasteiger partial charge in [0.05, 0.1) is 5.56 Å². The standard InChI is InChI=1S/C15H10N2O4/c18-14(13-6-10(8-21-13)15(19)20)17-12-3-1-2-9-7-16-5-4-11(9)12/h1-8H,(H,17,18)(H,19,20). The van der Waals surface area contributed by atoms with Crippen molar-refractivity contribution in [2.75, 3.05) is 5.32 Å². The van der Waals surface area contributed by atoms with Crippen molar-refractivity contribution in [1.29, 1.82) is 0 Å². The molecule has 6 nitrogen and oxygen atoms in total. The molecule has 3 rings (SSSR count). The molecule has 1 aromatic carbocycles. The molecule has 1 amide bonds. The van der Waals surface area contributed by atoms with E-state index >= 15 is 0 Å². The third-order valence-electron chi connectivity index (χ3n) is 3.00. The molecule has 3 aromatic rings. The zero-order chi connectivity index (χ0) is 14.8. The molecule has 0 bridgehead atoms. The Balaban J connectivity index is 1.91. The maximum Gasteiger partial charge on any atom is 0.338 e. The zero-order valence-corrected chi connectivity index (χ0v) is 10.7. The van der Waals surface area contributed by atoms with Gasteiger partial charge in [0.15, 0.2) is 5.76 Å². The number of aromatic carboxylic acids is 1. The summed E-state index contributed by atoms with van der Waals surface area (Å²) in [6, 6.07) is 8.40. The van der Waals surface area contributed by atoms with Crippen LogP contribution < -0.4 is 5.32 Å². The van der Waals surface area contributed by atoms with E-state index in [0.29, 0.717) is 5.69 Å². The number of fused-ring (bicyclic) bond motifs is 1. The molecule has 2 aromatic heterocycles. The largest absolute Gasteiger partial charge is 0.478 e. The minimum absolute atomic E-state index is 0.0570. The molecule has 104 valence electrons. The van der Waals surface area contributed by atoms with Crippen LogP contribution in [-0.4, -0.2) is 22.0 Å². The first-order chi connectivity index (χ1) is 10.1. The van der Waals surface area contributed by atoms with E-state index in [4.69, 9.17) is 9.52 Å². The number of aromatic nitrogens is 1. The van der Waals surface area contributed by atoms with Gasteiger partial charge in [-0.3, -0.25) is 9.78 Å². The van der Waals surface area contributed by atoms with Crippen LogP contribution in [0.1, 0.15) is 20.9 Å². The molecule has 0 radical (unpaired) electrons. The first kappa shape index (κ1) is 12.9. The van der Waals surface area contributed by atoms with Crippen LogP contribution in [0.3, 0.4) is 0 Å². The van der Waals surface area contributed by atoms with Gasteiger partial charge in [0.25, 0.3) is 5.91 Å². The van der Waals surface area contributed by atoms with Crippen LogP contribution in [0.2, 0.25) is 0 Å². The summed E-state index contributed by atoms with van der Waals surface area (Å²) in [5, 5.41) is 13.2. The molecule has 0 spiro atoms. The summed E-state index contributed by atoms with van der Waals surface area (Å²) in [6.45, 7) is 0. The fraction of sp³-hybridized carbons (Fsp3) is 0. The molecular formula is C15H10N2O4. The Labute approximate surface area is 119 Å². The molecule has 0 aliphatic rings. The first-order valence-corrected chi connectivity index (χ1v) is 6.11. The average molecular weight is 282 g/mol. The topological polar surface area (TPSA) is 92.4 Å². The number of benzene rings is 1. The van der Waals surface area contributed by atoms with Crippen LogP contribution in [0.15, 0.2) is 53.4 Å². The summed E-state index contributed by atoms with van der Waals surface area (Å²) in [6.07, 6.45) is 4.36. The number of furan rings is 1. The number of nitrogens with zero attached hydrogens (tertiary/aromatic N) is 1. The molecule has 0 fully saturated rings. The number of carboxylic acids is 1. The fourth-order valence-corrected chi connectivity index (χ4v) is 1.98. The highest BCUT2D eigenvalue weighted by Gasteiger charge is 2.15. The lowest BCUT2D eigenvalue weighted by molar-refractivity contribution is 0.0696. The third-order valence-corrected chi connectivity index (χ3v) is 3.00. The van der Waals surface area contributed by atoms with E-state index < -0.39 is 11.9 Å². The number of anilines is 1. The lowest BCUT2D eigenvalue weighted by Gasteiger charge is -2.06. The number of carbonyl (C=O) groups excluding carboxylic acids is 1. The highest BCUT2D eigenvalue weighted by molar-refractivity contribution is 6.08. The molecule has 0 saturated heterocycles. The molecule has 0 unspecified atom stereocenters. The highest BCUT2D eigenvalue weighted by Crippen LogP contribution is 2.23. The normalized spacial score (nSPS) is 10.5. The Morgan fingerprint density at radius 2 is 2.10 bits per heavy atom. The van der Waals surface area contributed by atoms with Crippen LogP contribution in [0.25, 0.3) is 10.8 Å². The second-order valence-electron chi connectivity index (χ2n) is 4.36. The SMILES string of the molecule is O=C(O)c1coc(C(=O)Nc2cccc3cnccc23)c1. The number of carbonyl (C=O) groups is 2. The number of carboxylic acid groups (broad SMARTS) is 1. The van der Waals surface area contributed by atoms with Gasteiger partial charge in [-0.1, -0.05) is 12.1 Å². The van der Waals surface area contributed by atoms with Crippen molar-refractivity contribution in [3.63, 3.8) is 0 Å². The number of hydrogen-bond donors (Lipinski definition) is 2. The lowest BCUT2D eigenvalue weighted by Crippen LogP contribution is -2.11. The second kappa shape index (κ2) is 5.09. The quantitative estimate of drug-likeness (QED) is 0.770. The second-order valence-corrected chi connectivity index (χ2v) is 4.36. The van der Waals surface area contributed by atoms with Crippen LogP contribution in [0, 0.1) is 0 Å². The van der Waals surface area contributed by atoms with Gasteiger partial charge in [-0.05, 0) is 12.1 Å². The molecule has 0 aliphatic heterocycles. The molecular weight excluding hydrogens is 272 g/mol. The molecule has 0 saturated carbocycles. The maximum atomic E-state index is 12.1. The van der Waals surface area contributed by atoms with Gasteiger partial charge in [0.1, 0.15) is 6.26 Å². The van der Waals surface area contributed by atoms with E-state index in [0.717, 1.165) is 17.0 Å². The molecule has 6 heteroatoms. The van der Waals surface area contributed by atoms with E-state index in [1.54, 1.807) is 30.6 Å². The number of hydrogen-bond acceptors (Lipinski definition) is 4. The molecule has 21 heavy (non-hydrogen) atoms. The van der Waals surface area contributed by atoms with Gasteiger partial charge < -0.3 is 14.8 Å². The number of pyridine rings is 1. The molecule has 0 atom stereocenters. The Bertz CT molecular complexity index is 833. The van der Waals surface area contributed by atoms with Crippen molar-refractivity contribution in [3.05, 3.63) is 60.3 Å². The average Bonchev–Trinajstić information content (AvgIpc) is 2.98. The molecule has 0 aliphatic carbocycles. The van der Waals surface area contributed by atoms with Crippen molar-refractivity contribution in [2.45, 2.75) is 0 Å². The monoisotopic (exact) mass is 282 g/mol. The Morgan fingerprint density at radius 1 is 1.24 bits per heavy atom. The van der Waals surface area contributed by atoms with Gasteiger partial charge in [0.2, 0.25) is 0 Å². The van der Waals surface area contributed by atoms with Crippen molar-refractivity contribution in [1.82, 2.24) is 4.98 Å². The number of rotatable bonds is 3. The summed E-state index contributed by atoms with van der Waals surface area (Å²) in [5.41, 5.74) is 0.537.